The molecule has 0 nitrogen and oxygen atoms in total. The predicted molar refractivity (Wildman–Crippen MR) is 17.3 cm³/mol. The third-order valence-electron chi connectivity index (χ3n) is 0. The van der Waals surface area contributed by atoms with Gasteiger partial charge < -0.3 is 0 Å². The van der Waals surface area contributed by atoms with Crippen LogP contribution in [0.4, 0.5) is 0 Å². The Morgan fingerprint density at radius 3 is 0.750 bits per heavy atom. The molecule has 0 aliphatic heterocycles. The molecule has 8 radical (unpaired) electrons. The van der Waals surface area contributed by atoms with Crippen LogP contribution in [-0.4, -0.2) is 72.5 Å². The van der Waals surface area contributed by atoms with E-state index in [2.05, 4.69) is 0 Å². The summed E-state index contributed by atoms with van der Waals surface area (Å²) in [6, 6.07) is 0. The number of hydrogen-bond acceptors (Lipinski definition) is 0. The van der Waals surface area contributed by atoms with Gasteiger partial charge in [-0.2, -0.15) is 0 Å². The molecule has 0 aliphatic carbocycles. The molecule has 0 unspecified atom stereocenters. The summed E-state index contributed by atoms with van der Waals surface area (Å²) in [5.41, 5.74) is 0. The molecule has 0 amide bonds. The smallest absolute Gasteiger partial charge is 0 e. The van der Waals surface area contributed by atoms with Crippen molar-refractivity contribution < 1.29 is 17.1 Å². The van der Waals surface area contributed by atoms with Crippen LogP contribution in [0.5, 0.6) is 0 Å². The molecule has 0 spiro atoms. The van der Waals surface area contributed by atoms with E-state index in [-0.39, 0.29) is 89.5 Å². The van der Waals surface area contributed by atoms with Crippen molar-refractivity contribution in [3.05, 3.63) is 0 Å². The molecule has 0 aliphatic rings. The monoisotopic (exact) mass is 150 g/mol. The number of rotatable bonds is 0. The van der Waals surface area contributed by atoms with E-state index in [1.165, 1.54) is 0 Å². The molecule has 0 heterocycles. The summed E-state index contributed by atoms with van der Waals surface area (Å²) < 4.78 is 0. The molecule has 16 valence electrons. The first-order valence-corrected chi connectivity index (χ1v) is 0. The molecule has 0 bridgehead atoms. The molecular formula is Al2CaFe. The van der Waals surface area contributed by atoms with Crippen LogP contribution >= 0.6 is 0 Å². The standard InChI is InChI=1S/2Al.Ca.Fe. The first kappa shape index (κ1) is 28.9. The second-order valence-corrected chi connectivity index (χ2v) is 0. The van der Waals surface area contributed by atoms with Gasteiger partial charge >= 0.3 is 0 Å². The predicted octanol–water partition coefficient (Wildman–Crippen LogP) is -1.14. The summed E-state index contributed by atoms with van der Waals surface area (Å²) in [5, 5.41) is 0. The topological polar surface area (TPSA) is 0 Å². The van der Waals surface area contributed by atoms with Crippen LogP contribution < -0.4 is 0 Å². The largest absolute Gasteiger partial charge is 0 e. The molecule has 4 heteroatoms. The fourth-order valence-electron chi connectivity index (χ4n) is 0. The molecule has 0 aromatic rings. The van der Waals surface area contributed by atoms with Gasteiger partial charge in [-0.3, -0.25) is 0 Å². The average molecular weight is 150 g/mol. The molecular weight excluding hydrogens is 150 g/mol. The van der Waals surface area contributed by atoms with Gasteiger partial charge in [0.25, 0.3) is 0 Å². The maximum Gasteiger partial charge on any atom is 0 e. The summed E-state index contributed by atoms with van der Waals surface area (Å²) in [5.74, 6) is 0. The van der Waals surface area contributed by atoms with Gasteiger partial charge in [0.1, 0.15) is 0 Å². The van der Waals surface area contributed by atoms with E-state index in [0.717, 1.165) is 0 Å². The molecule has 0 rings (SSSR count). The van der Waals surface area contributed by atoms with E-state index in [0.29, 0.717) is 0 Å². The Morgan fingerprint density at radius 1 is 0.750 bits per heavy atom. The van der Waals surface area contributed by atoms with Crippen LogP contribution in [0.3, 0.4) is 0 Å². The second kappa shape index (κ2) is 17.0. The van der Waals surface area contributed by atoms with Gasteiger partial charge in [-0.25, -0.2) is 0 Å². The van der Waals surface area contributed by atoms with Gasteiger partial charge in [-0.05, 0) is 0 Å². The van der Waals surface area contributed by atoms with Gasteiger partial charge in [0, 0.05) is 89.5 Å². The van der Waals surface area contributed by atoms with Gasteiger partial charge in [-0.15, -0.1) is 0 Å². The van der Waals surface area contributed by atoms with Crippen molar-refractivity contribution in [3.63, 3.8) is 0 Å². The third kappa shape index (κ3) is 8.85. The molecule has 0 saturated heterocycles. The molecule has 0 atom stereocenters. The molecule has 0 aromatic heterocycles. The second-order valence-electron chi connectivity index (χ2n) is 0. The van der Waals surface area contributed by atoms with Crippen LogP contribution in [0.25, 0.3) is 0 Å². The van der Waals surface area contributed by atoms with Crippen LogP contribution in [0.1, 0.15) is 0 Å². The minimum atomic E-state index is 0. The van der Waals surface area contributed by atoms with Crippen molar-refractivity contribution in [2.75, 3.05) is 0 Å². The number of hydrogen-bond donors (Lipinski definition) is 0. The van der Waals surface area contributed by atoms with Crippen molar-refractivity contribution in [1.82, 2.24) is 0 Å². The zero-order valence-corrected chi connectivity index (χ0v) is 7.84. The van der Waals surface area contributed by atoms with E-state index in [9.17, 15) is 0 Å². The van der Waals surface area contributed by atoms with Crippen molar-refractivity contribution in [2.45, 2.75) is 0 Å². The molecule has 4 heavy (non-hydrogen) atoms. The van der Waals surface area contributed by atoms with Gasteiger partial charge in [0.05, 0.1) is 0 Å². The van der Waals surface area contributed by atoms with Crippen LogP contribution in [-0.2, 0) is 17.1 Å². The van der Waals surface area contributed by atoms with E-state index in [4.69, 9.17) is 0 Å². The normalized spacial score (nSPS) is 0. The Kier molecular flexibility index (Phi) is 122. The molecule has 0 N–H and O–H groups in total. The summed E-state index contributed by atoms with van der Waals surface area (Å²) in [6.45, 7) is 0. The van der Waals surface area contributed by atoms with Gasteiger partial charge in [0.2, 0.25) is 0 Å². The SMILES string of the molecule is [Al].[Al].[Ca].[Fe]. The Bertz CT molecular complexity index is 6.00. The fourth-order valence-corrected chi connectivity index (χ4v) is 0. The quantitative estimate of drug-likeness (QED) is 0.382. The van der Waals surface area contributed by atoms with Gasteiger partial charge in [0.15, 0.2) is 0 Å². The van der Waals surface area contributed by atoms with Crippen LogP contribution in [0.2, 0.25) is 0 Å². The third-order valence-corrected chi connectivity index (χ3v) is 0. The Labute approximate surface area is 87.8 Å². The molecule has 0 fully saturated rings. The Hall–Kier alpha value is 2.84. The van der Waals surface area contributed by atoms with Gasteiger partial charge in [-0.1, -0.05) is 0 Å². The van der Waals surface area contributed by atoms with E-state index < -0.39 is 0 Å². The van der Waals surface area contributed by atoms with Crippen molar-refractivity contribution in [3.8, 4) is 0 Å². The summed E-state index contributed by atoms with van der Waals surface area (Å²) in [7, 11) is 0. The summed E-state index contributed by atoms with van der Waals surface area (Å²) in [6.07, 6.45) is 0. The van der Waals surface area contributed by atoms with Crippen molar-refractivity contribution in [1.29, 1.82) is 0 Å². The van der Waals surface area contributed by atoms with Crippen LogP contribution in [0.15, 0.2) is 0 Å². The fraction of sp³-hybridized carbons (Fsp3) is 0. The first-order valence-electron chi connectivity index (χ1n) is 0. The zero-order chi connectivity index (χ0) is 0. The maximum absolute atomic E-state index is 0. The van der Waals surface area contributed by atoms with E-state index >= 15 is 0 Å². The molecule has 0 aromatic carbocycles. The average Bonchev–Trinajstić information content (AvgIpc) is 0. The van der Waals surface area contributed by atoms with Crippen molar-refractivity contribution in [2.24, 2.45) is 0 Å². The van der Waals surface area contributed by atoms with E-state index in [1.54, 1.807) is 0 Å². The summed E-state index contributed by atoms with van der Waals surface area (Å²) in [4.78, 5) is 0. The molecule has 0 saturated carbocycles. The maximum atomic E-state index is 0. The van der Waals surface area contributed by atoms with Crippen molar-refractivity contribution >= 4 is 72.5 Å². The summed E-state index contributed by atoms with van der Waals surface area (Å²) >= 11 is 0. The minimum Gasteiger partial charge on any atom is 0 e. The van der Waals surface area contributed by atoms with E-state index in [1.807, 2.05) is 0 Å². The van der Waals surface area contributed by atoms with Crippen LogP contribution in [0, 0.1) is 0 Å². The minimum absolute atomic E-state index is 0. The Morgan fingerprint density at radius 2 is 0.750 bits per heavy atom. The Balaban J connectivity index is 0. The zero-order valence-electron chi connectivity index (χ0n) is 2.22. The first-order chi connectivity index (χ1) is 0.